The quantitative estimate of drug-likeness (QED) is 0.678. The average Bonchev–Trinajstić information content (AvgIpc) is 2.38. The Morgan fingerprint density at radius 2 is 2.12 bits per heavy atom. The highest BCUT2D eigenvalue weighted by Gasteiger charge is 2.19. The topological polar surface area (TPSA) is 83.6 Å². The van der Waals surface area contributed by atoms with E-state index in [2.05, 4.69) is 5.32 Å². The third kappa shape index (κ3) is 4.61. The minimum atomic E-state index is -3.11. The lowest BCUT2D eigenvalue weighted by Crippen LogP contribution is -2.35. The summed E-state index contributed by atoms with van der Waals surface area (Å²) >= 11 is 0. The van der Waals surface area contributed by atoms with Crippen molar-refractivity contribution >= 4 is 21.7 Å². The van der Waals surface area contributed by atoms with E-state index in [1.165, 1.54) is 4.90 Å². The van der Waals surface area contributed by atoms with Gasteiger partial charge in [-0.2, -0.15) is 0 Å². The van der Waals surface area contributed by atoms with Crippen molar-refractivity contribution in [3.05, 3.63) is 0 Å². The van der Waals surface area contributed by atoms with Gasteiger partial charge in [0.05, 0.1) is 5.75 Å². The Kier molecular flexibility index (Phi) is 4.28. The zero-order chi connectivity index (χ0) is 12.2. The molecular weight excluding hydrogens is 232 g/mol. The predicted octanol–water partition coefficient (Wildman–Crippen LogP) is -1.23. The van der Waals surface area contributed by atoms with Gasteiger partial charge in [0.2, 0.25) is 11.8 Å². The number of carbonyl (C=O) groups is 2. The summed E-state index contributed by atoms with van der Waals surface area (Å²) in [7, 11) is -3.11. The highest BCUT2D eigenvalue weighted by Crippen LogP contribution is 2.01. The molecule has 0 aromatic rings. The Balaban J connectivity index is 2.44. The van der Waals surface area contributed by atoms with Gasteiger partial charge in [0.25, 0.3) is 0 Å². The van der Waals surface area contributed by atoms with Crippen molar-refractivity contribution in [1.29, 1.82) is 0 Å². The van der Waals surface area contributed by atoms with Crippen molar-refractivity contribution in [2.45, 2.75) is 12.8 Å². The summed E-state index contributed by atoms with van der Waals surface area (Å²) in [6.45, 7) is 1.26. The van der Waals surface area contributed by atoms with Gasteiger partial charge in [0.15, 0.2) is 0 Å². The summed E-state index contributed by atoms with van der Waals surface area (Å²) in [5.41, 5.74) is 0. The lowest BCUT2D eigenvalue weighted by Gasteiger charge is -2.19. The number of hydrogen-bond donors (Lipinski definition) is 1. The second-order valence-electron chi connectivity index (χ2n) is 3.86. The van der Waals surface area contributed by atoms with Gasteiger partial charge in [-0.15, -0.1) is 0 Å². The summed E-state index contributed by atoms with van der Waals surface area (Å²) in [4.78, 5) is 24.2. The predicted molar refractivity (Wildman–Crippen MR) is 58.5 cm³/mol. The van der Waals surface area contributed by atoms with Crippen molar-refractivity contribution < 1.29 is 18.0 Å². The third-order valence-electron chi connectivity index (χ3n) is 2.35. The second-order valence-corrected chi connectivity index (χ2v) is 6.12. The van der Waals surface area contributed by atoms with Crippen LogP contribution in [0.25, 0.3) is 0 Å². The fourth-order valence-corrected chi connectivity index (χ4v) is 1.99. The molecule has 0 aliphatic carbocycles. The zero-order valence-corrected chi connectivity index (χ0v) is 10.0. The van der Waals surface area contributed by atoms with E-state index in [-0.39, 0.29) is 30.4 Å². The van der Waals surface area contributed by atoms with E-state index in [0.717, 1.165) is 6.26 Å². The maximum atomic E-state index is 11.6. The number of carbonyl (C=O) groups excluding carboxylic acids is 2. The van der Waals surface area contributed by atoms with E-state index in [1.807, 2.05) is 0 Å². The SMILES string of the molecule is CS(=O)(=O)CCC(=O)N1CCNC(=O)CC1. The summed E-state index contributed by atoms with van der Waals surface area (Å²) in [6, 6.07) is 0. The van der Waals surface area contributed by atoms with Crippen LogP contribution >= 0.6 is 0 Å². The van der Waals surface area contributed by atoms with Crippen LogP contribution in [0.2, 0.25) is 0 Å². The minimum Gasteiger partial charge on any atom is -0.354 e. The summed E-state index contributed by atoms with van der Waals surface area (Å²) < 4.78 is 21.8. The molecule has 2 amide bonds. The van der Waals surface area contributed by atoms with E-state index in [9.17, 15) is 18.0 Å². The normalized spacial score (nSPS) is 17.8. The molecule has 1 heterocycles. The number of nitrogens with zero attached hydrogens (tertiary/aromatic N) is 1. The van der Waals surface area contributed by atoms with Crippen LogP contribution in [0, 0.1) is 0 Å². The molecule has 1 fully saturated rings. The largest absolute Gasteiger partial charge is 0.354 e. The summed E-state index contributed by atoms with van der Waals surface area (Å²) in [5.74, 6) is -0.413. The number of hydrogen-bond acceptors (Lipinski definition) is 4. The Bertz CT molecular complexity index is 377. The molecule has 0 bridgehead atoms. The molecule has 1 aliphatic heterocycles. The van der Waals surface area contributed by atoms with Crippen LogP contribution in [-0.2, 0) is 19.4 Å². The molecule has 0 aromatic carbocycles. The maximum Gasteiger partial charge on any atom is 0.223 e. The molecule has 1 rings (SSSR count). The van der Waals surface area contributed by atoms with Crippen LogP contribution in [-0.4, -0.2) is 56.8 Å². The summed E-state index contributed by atoms with van der Waals surface area (Å²) in [5, 5.41) is 2.65. The first-order valence-electron chi connectivity index (χ1n) is 5.11. The van der Waals surface area contributed by atoms with Crippen LogP contribution in [0.15, 0.2) is 0 Å². The van der Waals surface area contributed by atoms with Gasteiger partial charge in [-0.05, 0) is 0 Å². The molecule has 0 radical (unpaired) electrons. The molecule has 7 heteroatoms. The number of amides is 2. The summed E-state index contributed by atoms with van der Waals surface area (Å²) in [6.07, 6.45) is 1.38. The average molecular weight is 248 g/mol. The molecule has 0 saturated carbocycles. The Labute approximate surface area is 94.9 Å². The molecular formula is C9H16N2O4S. The van der Waals surface area contributed by atoms with Crippen LogP contribution in [0.5, 0.6) is 0 Å². The molecule has 92 valence electrons. The van der Waals surface area contributed by atoms with Crippen LogP contribution in [0.3, 0.4) is 0 Å². The smallest absolute Gasteiger partial charge is 0.223 e. The van der Waals surface area contributed by atoms with Gasteiger partial charge < -0.3 is 10.2 Å². The van der Waals surface area contributed by atoms with E-state index in [1.54, 1.807) is 0 Å². The lowest BCUT2D eigenvalue weighted by molar-refractivity contribution is -0.130. The highest BCUT2D eigenvalue weighted by atomic mass is 32.2. The fraction of sp³-hybridized carbons (Fsp3) is 0.778. The van der Waals surface area contributed by atoms with Crippen LogP contribution < -0.4 is 5.32 Å². The van der Waals surface area contributed by atoms with Gasteiger partial charge in [-0.1, -0.05) is 0 Å². The fourth-order valence-electron chi connectivity index (χ4n) is 1.45. The molecule has 1 N–H and O–H groups in total. The van der Waals surface area contributed by atoms with E-state index in [4.69, 9.17) is 0 Å². The van der Waals surface area contributed by atoms with E-state index < -0.39 is 9.84 Å². The monoisotopic (exact) mass is 248 g/mol. The first-order chi connectivity index (χ1) is 7.38. The third-order valence-corrected chi connectivity index (χ3v) is 3.30. The van der Waals surface area contributed by atoms with Gasteiger partial charge in [-0.3, -0.25) is 9.59 Å². The molecule has 0 unspecified atom stereocenters. The highest BCUT2D eigenvalue weighted by molar-refractivity contribution is 7.90. The van der Waals surface area contributed by atoms with Gasteiger partial charge >= 0.3 is 0 Å². The maximum absolute atomic E-state index is 11.6. The van der Waals surface area contributed by atoms with Crippen molar-refractivity contribution in [2.75, 3.05) is 31.6 Å². The molecule has 0 aromatic heterocycles. The number of nitrogens with one attached hydrogen (secondary N) is 1. The van der Waals surface area contributed by atoms with Gasteiger partial charge in [0.1, 0.15) is 9.84 Å². The van der Waals surface area contributed by atoms with Gasteiger partial charge in [-0.25, -0.2) is 8.42 Å². The molecule has 1 saturated heterocycles. The molecule has 0 atom stereocenters. The Hall–Kier alpha value is -1.11. The van der Waals surface area contributed by atoms with Crippen LogP contribution in [0.4, 0.5) is 0 Å². The molecule has 0 spiro atoms. The van der Waals surface area contributed by atoms with E-state index >= 15 is 0 Å². The first-order valence-corrected chi connectivity index (χ1v) is 7.17. The van der Waals surface area contributed by atoms with Crippen molar-refractivity contribution in [2.24, 2.45) is 0 Å². The van der Waals surface area contributed by atoms with E-state index in [0.29, 0.717) is 19.6 Å². The van der Waals surface area contributed by atoms with Crippen molar-refractivity contribution in [3.63, 3.8) is 0 Å². The van der Waals surface area contributed by atoms with Crippen molar-refractivity contribution in [3.8, 4) is 0 Å². The number of rotatable bonds is 3. The minimum absolute atomic E-state index is 0.00692. The van der Waals surface area contributed by atoms with Crippen LogP contribution in [0.1, 0.15) is 12.8 Å². The van der Waals surface area contributed by atoms with Crippen molar-refractivity contribution in [1.82, 2.24) is 10.2 Å². The lowest BCUT2D eigenvalue weighted by atomic mass is 10.3. The molecule has 6 nitrogen and oxygen atoms in total. The standard InChI is InChI=1S/C9H16N2O4S/c1-16(14,15)7-3-9(13)11-5-2-8(12)10-4-6-11/h2-7H2,1H3,(H,10,12). The molecule has 1 aliphatic rings. The van der Waals surface area contributed by atoms with Gasteiger partial charge in [0, 0.05) is 38.7 Å². The second kappa shape index (κ2) is 5.29. The zero-order valence-electron chi connectivity index (χ0n) is 9.23. The molecule has 16 heavy (non-hydrogen) atoms. The Morgan fingerprint density at radius 3 is 2.75 bits per heavy atom. The first kappa shape index (κ1) is 13.0. The number of sulfone groups is 1. The Morgan fingerprint density at radius 1 is 1.44 bits per heavy atom.